The average Bonchev–Trinajstić information content (AvgIpc) is 2.48. The number of nitrogens with zero attached hydrogens (tertiary/aromatic N) is 1. The van der Waals surface area contributed by atoms with Crippen LogP contribution < -0.4 is 0 Å². The molecule has 0 spiro atoms. The first-order valence-electron chi connectivity index (χ1n) is 7.28. The summed E-state index contributed by atoms with van der Waals surface area (Å²) in [6.45, 7) is 5.37. The minimum absolute atomic E-state index is 0.0134. The molecular formula is C18H23NO. The molecule has 1 N–H and O–H groups in total. The van der Waals surface area contributed by atoms with Crippen molar-refractivity contribution >= 4 is 0 Å². The second-order valence-corrected chi connectivity index (χ2v) is 5.53. The molecule has 0 unspecified atom stereocenters. The van der Waals surface area contributed by atoms with Crippen molar-refractivity contribution in [1.29, 1.82) is 0 Å². The molecule has 2 nitrogen and oxygen atoms in total. The average molecular weight is 269 g/mol. The summed E-state index contributed by atoms with van der Waals surface area (Å²) in [7, 11) is 0. The zero-order valence-electron chi connectivity index (χ0n) is 12.0. The van der Waals surface area contributed by atoms with Crippen molar-refractivity contribution in [2.45, 2.75) is 43.9 Å². The Labute approximate surface area is 122 Å². The van der Waals surface area contributed by atoms with E-state index in [1.807, 2.05) is 24.3 Å². The van der Waals surface area contributed by atoms with Gasteiger partial charge in [-0.3, -0.25) is 4.90 Å². The quantitative estimate of drug-likeness (QED) is 0.656. The maximum Gasteiger partial charge on any atom is 0.140 e. The van der Waals surface area contributed by atoms with Gasteiger partial charge in [-0.15, -0.1) is 13.0 Å². The van der Waals surface area contributed by atoms with E-state index < -0.39 is 5.60 Å². The van der Waals surface area contributed by atoms with Crippen LogP contribution in [-0.2, 0) is 6.54 Å². The lowest BCUT2D eigenvalue weighted by Crippen LogP contribution is -2.53. The third kappa shape index (κ3) is 3.30. The summed E-state index contributed by atoms with van der Waals surface area (Å²) in [6, 6.07) is 10.3. The topological polar surface area (TPSA) is 23.5 Å². The van der Waals surface area contributed by atoms with Crippen LogP contribution in [0.4, 0.5) is 0 Å². The number of benzene rings is 1. The molecule has 0 aromatic heterocycles. The molecule has 0 bridgehead atoms. The van der Waals surface area contributed by atoms with Crippen LogP contribution in [-0.4, -0.2) is 28.2 Å². The molecule has 106 valence electrons. The van der Waals surface area contributed by atoms with Crippen molar-refractivity contribution in [3.05, 3.63) is 48.6 Å². The number of hydrogen-bond donors (Lipinski definition) is 1. The van der Waals surface area contributed by atoms with E-state index in [4.69, 9.17) is 6.42 Å². The third-order valence-corrected chi connectivity index (χ3v) is 4.12. The van der Waals surface area contributed by atoms with Crippen molar-refractivity contribution < 1.29 is 5.11 Å². The van der Waals surface area contributed by atoms with Crippen LogP contribution in [0.5, 0.6) is 0 Å². The number of hydrogen-bond acceptors (Lipinski definition) is 2. The summed E-state index contributed by atoms with van der Waals surface area (Å²) >= 11 is 0. The van der Waals surface area contributed by atoms with Gasteiger partial charge in [-0.25, -0.2) is 0 Å². The van der Waals surface area contributed by atoms with E-state index in [0.29, 0.717) is 6.42 Å². The summed E-state index contributed by atoms with van der Waals surface area (Å²) in [5, 5.41) is 10.7. The molecular weight excluding hydrogens is 246 g/mol. The van der Waals surface area contributed by atoms with Crippen molar-refractivity contribution in [2.24, 2.45) is 0 Å². The molecule has 2 heteroatoms. The van der Waals surface area contributed by atoms with E-state index in [9.17, 15) is 5.11 Å². The summed E-state index contributed by atoms with van der Waals surface area (Å²) in [5.74, 6) is 2.63. The standard InChI is InChI=1S/C18H23NO/c1-3-14-19(15-16-10-6-5-7-11-16)17-12-8-9-13-18(17,20)4-2/h2-3,5-7,10-11,17,20H,1,8-9,12-15H2/t17-,18-/m0/s1. The second kappa shape index (κ2) is 6.74. The van der Waals surface area contributed by atoms with Crippen LogP contribution in [0, 0.1) is 12.3 Å². The Balaban J connectivity index is 2.19. The van der Waals surface area contributed by atoms with Gasteiger partial charge in [0, 0.05) is 13.1 Å². The van der Waals surface area contributed by atoms with E-state index in [1.54, 1.807) is 0 Å². The highest BCUT2D eigenvalue weighted by atomic mass is 16.3. The Hall–Kier alpha value is -1.56. The van der Waals surface area contributed by atoms with Gasteiger partial charge in [0.15, 0.2) is 0 Å². The van der Waals surface area contributed by atoms with Crippen molar-refractivity contribution in [3.63, 3.8) is 0 Å². The van der Waals surface area contributed by atoms with Crippen LogP contribution in [0.25, 0.3) is 0 Å². The van der Waals surface area contributed by atoms with Gasteiger partial charge in [0.05, 0.1) is 6.04 Å². The zero-order valence-corrected chi connectivity index (χ0v) is 12.0. The molecule has 1 aromatic rings. The largest absolute Gasteiger partial charge is 0.376 e. The second-order valence-electron chi connectivity index (χ2n) is 5.53. The summed E-state index contributed by atoms with van der Waals surface area (Å²) in [5.41, 5.74) is 0.232. The number of aliphatic hydroxyl groups is 1. The highest BCUT2D eigenvalue weighted by Gasteiger charge is 2.40. The van der Waals surface area contributed by atoms with Crippen LogP contribution in [0.1, 0.15) is 31.2 Å². The molecule has 1 aliphatic rings. The summed E-state index contributed by atoms with van der Waals surface area (Å²) < 4.78 is 0. The Morgan fingerprint density at radius 2 is 2.15 bits per heavy atom. The van der Waals surface area contributed by atoms with E-state index in [-0.39, 0.29) is 6.04 Å². The molecule has 0 saturated heterocycles. The minimum atomic E-state index is -1.00. The highest BCUT2D eigenvalue weighted by molar-refractivity contribution is 5.18. The lowest BCUT2D eigenvalue weighted by Gasteiger charge is -2.43. The first-order valence-corrected chi connectivity index (χ1v) is 7.28. The maximum absolute atomic E-state index is 10.7. The molecule has 2 atom stereocenters. The van der Waals surface area contributed by atoms with Gasteiger partial charge in [-0.05, 0) is 24.8 Å². The fourth-order valence-corrected chi connectivity index (χ4v) is 3.08. The molecule has 0 radical (unpaired) electrons. The van der Waals surface area contributed by atoms with Crippen molar-refractivity contribution in [2.75, 3.05) is 6.54 Å². The monoisotopic (exact) mass is 269 g/mol. The van der Waals surface area contributed by atoms with Gasteiger partial charge in [0.2, 0.25) is 0 Å². The van der Waals surface area contributed by atoms with Crippen molar-refractivity contribution in [3.8, 4) is 12.3 Å². The van der Waals surface area contributed by atoms with Gasteiger partial charge in [0.25, 0.3) is 0 Å². The first kappa shape index (κ1) is 14.8. The molecule has 1 aliphatic carbocycles. The van der Waals surface area contributed by atoms with Crippen LogP contribution in [0.2, 0.25) is 0 Å². The summed E-state index contributed by atoms with van der Waals surface area (Å²) in [6.07, 6.45) is 11.2. The molecule has 20 heavy (non-hydrogen) atoms. The molecule has 0 heterocycles. The fraction of sp³-hybridized carbons (Fsp3) is 0.444. The van der Waals surface area contributed by atoms with E-state index >= 15 is 0 Å². The van der Waals surface area contributed by atoms with Gasteiger partial charge < -0.3 is 5.11 Å². The third-order valence-electron chi connectivity index (χ3n) is 4.12. The van der Waals surface area contributed by atoms with E-state index in [0.717, 1.165) is 32.4 Å². The molecule has 2 rings (SSSR count). The Kier molecular flexibility index (Phi) is 5.00. The van der Waals surface area contributed by atoms with Gasteiger partial charge in [-0.1, -0.05) is 48.7 Å². The normalized spacial score (nSPS) is 26.1. The zero-order chi connectivity index (χ0) is 14.4. The first-order chi connectivity index (χ1) is 9.69. The predicted molar refractivity (Wildman–Crippen MR) is 83.1 cm³/mol. The van der Waals surface area contributed by atoms with Crippen molar-refractivity contribution in [1.82, 2.24) is 4.90 Å². The lowest BCUT2D eigenvalue weighted by atomic mass is 9.79. The van der Waals surface area contributed by atoms with E-state index in [1.165, 1.54) is 5.56 Å². The Morgan fingerprint density at radius 3 is 2.80 bits per heavy atom. The molecule has 1 aromatic carbocycles. The molecule has 0 amide bonds. The minimum Gasteiger partial charge on any atom is -0.376 e. The SMILES string of the molecule is C#C[C@]1(O)CCCC[C@@H]1N(CC=C)Cc1ccccc1. The predicted octanol–water partition coefficient (Wildman–Crippen LogP) is 2.98. The van der Waals surface area contributed by atoms with Crippen LogP contribution >= 0.6 is 0 Å². The lowest BCUT2D eigenvalue weighted by molar-refractivity contribution is -0.0302. The van der Waals surface area contributed by atoms with Gasteiger partial charge in [0.1, 0.15) is 5.60 Å². The number of rotatable bonds is 5. The molecule has 1 fully saturated rings. The van der Waals surface area contributed by atoms with E-state index in [2.05, 4.69) is 29.5 Å². The summed E-state index contributed by atoms with van der Waals surface area (Å²) in [4.78, 5) is 2.25. The van der Waals surface area contributed by atoms with Gasteiger partial charge in [-0.2, -0.15) is 0 Å². The smallest absolute Gasteiger partial charge is 0.140 e. The maximum atomic E-state index is 10.7. The molecule has 0 aliphatic heterocycles. The fourth-order valence-electron chi connectivity index (χ4n) is 3.08. The highest BCUT2D eigenvalue weighted by Crippen LogP contribution is 2.32. The Morgan fingerprint density at radius 1 is 1.40 bits per heavy atom. The molecule has 1 saturated carbocycles. The van der Waals surface area contributed by atoms with Crippen LogP contribution in [0.3, 0.4) is 0 Å². The Bertz CT molecular complexity index is 476. The number of terminal acetylenes is 1. The van der Waals surface area contributed by atoms with Crippen LogP contribution in [0.15, 0.2) is 43.0 Å². The van der Waals surface area contributed by atoms with Gasteiger partial charge >= 0.3 is 0 Å².